The van der Waals surface area contributed by atoms with Crippen molar-refractivity contribution in [2.24, 2.45) is 5.73 Å². The first-order chi connectivity index (χ1) is 8.86. The lowest BCUT2D eigenvalue weighted by Crippen LogP contribution is -2.15. The first-order valence-electron chi connectivity index (χ1n) is 5.39. The van der Waals surface area contributed by atoms with Crippen LogP contribution in [0.25, 0.3) is 0 Å². The smallest absolute Gasteiger partial charge is 0.322 e. The highest BCUT2D eigenvalue weighted by molar-refractivity contribution is 7.16. The molecule has 0 saturated heterocycles. The third kappa shape index (κ3) is 3.68. The predicted molar refractivity (Wildman–Crippen MR) is 69.2 cm³/mol. The van der Waals surface area contributed by atoms with Crippen molar-refractivity contribution in [2.45, 2.75) is 18.6 Å². The largest absolute Gasteiger partial charge is 0.417 e. The molecule has 2 aromatic rings. The van der Waals surface area contributed by atoms with Gasteiger partial charge in [0.2, 0.25) is 0 Å². The summed E-state index contributed by atoms with van der Waals surface area (Å²) >= 11 is 7.19. The number of hydrogen-bond acceptors (Lipinski definition) is 3. The predicted octanol–water partition coefficient (Wildman–Crippen LogP) is 4.06. The van der Waals surface area contributed by atoms with Gasteiger partial charge in [-0.15, -0.1) is 11.3 Å². The zero-order valence-electron chi connectivity index (χ0n) is 9.62. The summed E-state index contributed by atoms with van der Waals surface area (Å²) in [6.45, 7) is 0. The molecule has 0 aliphatic heterocycles. The molecule has 2 N–H and O–H groups in total. The molecule has 0 aliphatic carbocycles. The maximum atomic E-state index is 12.4. The average Bonchev–Trinajstić information content (AvgIpc) is 2.74. The summed E-state index contributed by atoms with van der Waals surface area (Å²) in [5.41, 5.74) is 5.57. The van der Waals surface area contributed by atoms with E-state index in [4.69, 9.17) is 17.3 Å². The van der Waals surface area contributed by atoms with Crippen molar-refractivity contribution in [2.75, 3.05) is 0 Å². The number of thiophene rings is 1. The van der Waals surface area contributed by atoms with E-state index in [-0.39, 0.29) is 0 Å². The molecule has 0 aromatic carbocycles. The molecule has 0 bridgehead atoms. The normalized spacial score (nSPS) is 13.5. The second kappa shape index (κ2) is 5.48. The average molecular weight is 307 g/mol. The van der Waals surface area contributed by atoms with Gasteiger partial charge in [-0.3, -0.25) is 4.98 Å². The van der Waals surface area contributed by atoms with Crippen LogP contribution in [0.3, 0.4) is 0 Å². The van der Waals surface area contributed by atoms with Gasteiger partial charge in [0.15, 0.2) is 0 Å². The maximum absolute atomic E-state index is 12.4. The number of hydrogen-bond donors (Lipinski definition) is 1. The number of aromatic nitrogens is 1. The summed E-state index contributed by atoms with van der Waals surface area (Å²) in [7, 11) is 0. The Hall–Kier alpha value is -1.11. The van der Waals surface area contributed by atoms with Crippen LogP contribution in [0.1, 0.15) is 22.2 Å². The first kappa shape index (κ1) is 14.3. The highest BCUT2D eigenvalue weighted by Crippen LogP contribution is 2.29. The third-order valence-electron chi connectivity index (χ3n) is 2.54. The Labute approximate surface area is 117 Å². The maximum Gasteiger partial charge on any atom is 0.417 e. The van der Waals surface area contributed by atoms with Gasteiger partial charge in [0, 0.05) is 17.5 Å². The van der Waals surface area contributed by atoms with E-state index in [2.05, 4.69) is 4.98 Å². The summed E-state index contributed by atoms with van der Waals surface area (Å²) in [4.78, 5) is 4.75. The minimum Gasteiger partial charge on any atom is -0.322 e. The van der Waals surface area contributed by atoms with Crippen molar-refractivity contribution in [3.05, 3.63) is 50.9 Å². The fraction of sp³-hybridized carbons (Fsp3) is 0.250. The van der Waals surface area contributed by atoms with Crippen LogP contribution in [0, 0.1) is 0 Å². The van der Waals surface area contributed by atoms with Crippen LogP contribution in [0.5, 0.6) is 0 Å². The zero-order chi connectivity index (χ0) is 14.0. The number of pyridine rings is 1. The van der Waals surface area contributed by atoms with Gasteiger partial charge in [-0.05, 0) is 24.3 Å². The van der Waals surface area contributed by atoms with Gasteiger partial charge in [0.05, 0.1) is 21.6 Å². The SMILES string of the molecule is NC(Cc1ccc(Cl)s1)c1ccc(C(F)(F)F)cn1. The highest BCUT2D eigenvalue weighted by atomic mass is 35.5. The van der Waals surface area contributed by atoms with E-state index in [0.717, 1.165) is 17.1 Å². The molecule has 0 radical (unpaired) electrons. The zero-order valence-corrected chi connectivity index (χ0v) is 11.2. The van der Waals surface area contributed by atoms with Crippen molar-refractivity contribution in [3.63, 3.8) is 0 Å². The van der Waals surface area contributed by atoms with Gasteiger partial charge >= 0.3 is 6.18 Å². The third-order valence-corrected chi connectivity index (χ3v) is 3.80. The second-order valence-electron chi connectivity index (χ2n) is 3.99. The standard InChI is InChI=1S/C12H10ClF3N2S/c13-11-4-2-8(19-11)5-9(17)10-3-1-7(6-18-10)12(14,15)16/h1-4,6,9H,5,17H2. The van der Waals surface area contributed by atoms with Crippen LogP contribution < -0.4 is 5.73 Å². The molecule has 19 heavy (non-hydrogen) atoms. The molecule has 2 aromatic heterocycles. The van der Waals surface area contributed by atoms with E-state index < -0.39 is 17.8 Å². The van der Waals surface area contributed by atoms with Crippen molar-refractivity contribution in [1.29, 1.82) is 0 Å². The Morgan fingerprint density at radius 2 is 2.00 bits per heavy atom. The monoisotopic (exact) mass is 306 g/mol. The Morgan fingerprint density at radius 1 is 1.26 bits per heavy atom. The summed E-state index contributed by atoms with van der Waals surface area (Å²) in [5, 5.41) is 0. The molecule has 102 valence electrons. The Bertz CT molecular complexity index is 551. The number of nitrogens with two attached hydrogens (primary N) is 1. The minimum atomic E-state index is -4.38. The van der Waals surface area contributed by atoms with E-state index in [0.29, 0.717) is 16.5 Å². The Balaban J connectivity index is 2.09. The lowest BCUT2D eigenvalue weighted by molar-refractivity contribution is -0.137. The molecule has 0 aliphatic rings. The van der Waals surface area contributed by atoms with E-state index in [9.17, 15) is 13.2 Å². The number of halogens is 4. The van der Waals surface area contributed by atoms with Gasteiger partial charge < -0.3 is 5.73 Å². The molecule has 1 unspecified atom stereocenters. The lowest BCUT2D eigenvalue weighted by Gasteiger charge is -2.11. The van der Waals surface area contributed by atoms with Crippen molar-refractivity contribution in [1.82, 2.24) is 4.98 Å². The molecule has 7 heteroatoms. The van der Waals surface area contributed by atoms with Crippen LogP contribution in [0.4, 0.5) is 13.2 Å². The van der Waals surface area contributed by atoms with Gasteiger partial charge in [-0.25, -0.2) is 0 Å². The molecular weight excluding hydrogens is 297 g/mol. The van der Waals surface area contributed by atoms with Crippen molar-refractivity contribution in [3.8, 4) is 0 Å². The molecule has 2 nitrogen and oxygen atoms in total. The van der Waals surface area contributed by atoms with Crippen molar-refractivity contribution >= 4 is 22.9 Å². The molecular formula is C12H10ClF3N2S. The fourth-order valence-corrected chi connectivity index (χ4v) is 2.72. The fourth-order valence-electron chi connectivity index (χ4n) is 1.58. The van der Waals surface area contributed by atoms with E-state index >= 15 is 0 Å². The van der Waals surface area contributed by atoms with Crippen LogP contribution in [-0.4, -0.2) is 4.98 Å². The topological polar surface area (TPSA) is 38.9 Å². The lowest BCUT2D eigenvalue weighted by atomic mass is 10.1. The van der Waals surface area contributed by atoms with Gasteiger partial charge in [0.1, 0.15) is 0 Å². The molecule has 2 rings (SSSR count). The van der Waals surface area contributed by atoms with Crippen LogP contribution in [0.15, 0.2) is 30.5 Å². The molecule has 0 amide bonds. The molecule has 0 saturated carbocycles. The quantitative estimate of drug-likeness (QED) is 0.929. The molecule has 1 atom stereocenters. The van der Waals surface area contributed by atoms with E-state index in [1.165, 1.54) is 17.4 Å². The van der Waals surface area contributed by atoms with Crippen LogP contribution in [0.2, 0.25) is 4.34 Å². The molecule has 0 spiro atoms. The minimum absolute atomic E-state index is 0.428. The highest BCUT2D eigenvalue weighted by Gasteiger charge is 2.30. The first-order valence-corrected chi connectivity index (χ1v) is 6.58. The molecule has 2 heterocycles. The Morgan fingerprint density at radius 3 is 2.47 bits per heavy atom. The Kier molecular flexibility index (Phi) is 4.13. The van der Waals surface area contributed by atoms with Gasteiger partial charge in [-0.2, -0.15) is 13.2 Å². The van der Waals surface area contributed by atoms with Gasteiger partial charge in [0.25, 0.3) is 0 Å². The van der Waals surface area contributed by atoms with Gasteiger partial charge in [-0.1, -0.05) is 11.6 Å². The van der Waals surface area contributed by atoms with E-state index in [1.54, 1.807) is 6.07 Å². The van der Waals surface area contributed by atoms with Crippen molar-refractivity contribution < 1.29 is 13.2 Å². The van der Waals surface area contributed by atoms with Crippen LogP contribution >= 0.6 is 22.9 Å². The summed E-state index contributed by atoms with van der Waals surface area (Å²) < 4.78 is 37.8. The van der Waals surface area contributed by atoms with Crippen LogP contribution in [-0.2, 0) is 12.6 Å². The number of alkyl halides is 3. The van der Waals surface area contributed by atoms with E-state index in [1.807, 2.05) is 6.07 Å². The summed E-state index contributed by atoms with van der Waals surface area (Å²) in [6, 6.07) is 5.45. The summed E-state index contributed by atoms with van der Waals surface area (Å²) in [6.07, 6.45) is -3.08. The molecule has 0 fully saturated rings. The summed E-state index contributed by atoms with van der Waals surface area (Å²) in [5.74, 6) is 0. The number of nitrogens with zero attached hydrogens (tertiary/aromatic N) is 1. The second-order valence-corrected chi connectivity index (χ2v) is 5.79. The number of rotatable bonds is 3.